The first-order valence-electron chi connectivity index (χ1n) is 10.8. The van der Waals surface area contributed by atoms with E-state index in [-0.39, 0.29) is 33.4 Å². The summed E-state index contributed by atoms with van der Waals surface area (Å²) in [6.45, 7) is 0. The van der Waals surface area contributed by atoms with Crippen molar-refractivity contribution in [3.63, 3.8) is 0 Å². The van der Waals surface area contributed by atoms with Gasteiger partial charge in [-0.1, -0.05) is 0 Å². The Balaban J connectivity index is 1.27. The third-order valence-corrected chi connectivity index (χ3v) is 12.2. The molecule has 2 heterocycles. The molecule has 0 saturated carbocycles. The van der Waals surface area contributed by atoms with Gasteiger partial charge in [-0.15, -0.1) is 0 Å². The van der Waals surface area contributed by atoms with Gasteiger partial charge in [-0.25, -0.2) is 0 Å². The van der Waals surface area contributed by atoms with Gasteiger partial charge < -0.3 is 0 Å². The van der Waals surface area contributed by atoms with Crippen molar-refractivity contribution in [2.75, 3.05) is 0 Å². The van der Waals surface area contributed by atoms with E-state index in [9.17, 15) is 28.8 Å². The molecule has 2 aliphatic rings. The van der Waals surface area contributed by atoms with Crippen LogP contribution in [0.3, 0.4) is 0 Å². The minimum atomic E-state index is -4.43. The molecule has 0 radical (unpaired) electrons. The zero-order valence-corrected chi connectivity index (χ0v) is 25.6. The molecule has 0 atom stereocenters. The van der Waals surface area contributed by atoms with Crippen LogP contribution >= 0.6 is 0 Å². The molecular formula is C24H12In2O12. The zero-order chi connectivity index (χ0) is 26.8. The number of hydrogen-bond acceptors (Lipinski definition) is 12. The van der Waals surface area contributed by atoms with Gasteiger partial charge in [0.25, 0.3) is 0 Å². The van der Waals surface area contributed by atoms with Gasteiger partial charge in [0.15, 0.2) is 0 Å². The van der Waals surface area contributed by atoms with E-state index in [0.29, 0.717) is 0 Å². The Kier molecular flexibility index (Phi) is 7.42. The molecule has 0 amide bonds. The first-order valence-corrected chi connectivity index (χ1v) is 18.9. The van der Waals surface area contributed by atoms with Crippen molar-refractivity contribution >= 4 is 81.3 Å². The number of hydrogen-bond donors (Lipinski definition) is 0. The Hall–Kier alpha value is -3.78. The Labute approximate surface area is 232 Å². The molecule has 3 aromatic carbocycles. The second-order valence-corrected chi connectivity index (χ2v) is 15.1. The summed E-state index contributed by atoms with van der Waals surface area (Å²) in [6, 6.07) is 16.4. The van der Waals surface area contributed by atoms with Crippen LogP contribution in [0.4, 0.5) is 0 Å². The van der Waals surface area contributed by atoms with Crippen molar-refractivity contribution < 1.29 is 45.9 Å². The molecule has 3 aromatic rings. The van der Waals surface area contributed by atoms with Crippen LogP contribution in [-0.2, 0) is 17.1 Å². The number of carbonyl (C=O) groups is 6. The van der Waals surface area contributed by atoms with Crippen LogP contribution in [0.2, 0.25) is 0 Å². The SMILES string of the molecule is O=C([O][In]1[O]C(=O)c2cccc(c2)C(=O)[O]1)c1cccc(C(=O)[O][In]2[O]C(=O)c3cccc(c3)C(=O)[O]2)c1. The molecule has 0 saturated heterocycles. The van der Waals surface area contributed by atoms with Crippen LogP contribution in [0, 0.1) is 0 Å². The summed E-state index contributed by atoms with van der Waals surface area (Å²) in [5, 5.41) is 0. The molecule has 0 N–H and O–H groups in total. The molecule has 12 nitrogen and oxygen atoms in total. The van der Waals surface area contributed by atoms with Gasteiger partial charge in [0, 0.05) is 0 Å². The normalized spacial score (nSPS) is 14.4. The van der Waals surface area contributed by atoms with Crippen LogP contribution in [0.5, 0.6) is 0 Å². The number of carbonyl (C=O) groups excluding carboxylic acids is 6. The van der Waals surface area contributed by atoms with E-state index in [0.717, 1.165) is 6.07 Å². The van der Waals surface area contributed by atoms with E-state index >= 15 is 0 Å². The summed E-state index contributed by atoms with van der Waals surface area (Å²) in [5.74, 6) is -5.20. The molecular weight excluding hydrogens is 710 g/mol. The Bertz CT molecular complexity index is 1340. The van der Waals surface area contributed by atoms with Crippen molar-refractivity contribution in [1.82, 2.24) is 0 Å². The molecule has 0 aromatic heterocycles. The Morgan fingerprint density at radius 2 is 0.816 bits per heavy atom. The summed E-state index contributed by atoms with van der Waals surface area (Å²) < 4.78 is 31.0. The van der Waals surface area contributed by atoms with Gasteiger partial charge in [-0.2, -0.15) is 0 Å². The third kappa shape index (κ3) is 5.70. The van der Waals surface area contributed by atoms with Gasteiger partial charge in [-0.05, 0) is 0 Å². The molecule has 0 aliphatic carbocycles. The monoisotopic (exact) mass is 722 g/mol. The van der Waals surface area contributed by atoms with Crippen molar-refractivity contribution in [2.45, 2.75) is 0 Å². The Morgan fingerprint density at radius 3 is 1.16 bits per heavy atom. The van der Waals surface area contributed by atoms with E-state index in [1.165, 1.54) is 66.7 Å². The van der Waals surface area contributed by atoms with Crippen LogP contribution < -0.4 is 0 Å². The second-order valence-electron chi connectivity index (χ2n) is 7.75. The fraction of sp³-hybridized carbons (Fsp3) is 0. The zero-order valence-electron chi connectivity index (χ0n) is 19.0. The van der Waals surface area contributed by atoms with E-state index in [2.05, 4.69) is 0 Å². The van der Waals surface area contributed by atoms with Gasteiger partial charge in [0.1, 0.15) is 0 Å². The topological polar surface area (TPSA) is 158 Å². The quantitative estimate of drug-likeness (QED) is 0.387. The Morgan fingerprint density at radius 1 is 0.500 bits per heavy atom. The standard InChI is InChI=1S/3C8H6O4.2In/c3*9-7(10)5-2-1-3-6(4-5)8(11)12;;/h3*1-4H,(H,9,10)(H,11,12);;/q;;;2*+3/p-6. The van der Waals surface area contributed by atoms with Crippen molar-refractivity contribution in [1.29, 1.82) is 0 Å². The van der Waals surface area contributed by atoms with Crippen LogP contribution in [0.1, 0.15) is 62.1 Å². The van der Waals surface area contributed by atoms with Crippen molar-refractivity contribution in [2.24, 2.45) is 0 Å². The second kappa shape index (κ2) is 10.9. The summed E-state index contributed by atoms with van der Waals surface area (Å²) in [7, 11) is 0. The fourth-order valence-corrected chi connectivity index (χ4v) is 9.54. The van der Waals surface area contributed by atoms with Gasteiger partial charge in [0.05, 0.1) is 0 Å². The maximum atomic E-state index is 12.7. The molecule has 0 spiro atoms. The first-order chi connectivity index (χ1) is 18.3. The predicted octanol–water partition coefficient (Wildman–Crippen LogP) is 2.02. The average molecular weight is 722 g/mol. The number of fused-ring (bicyclic) bond motifs is 4. The molecule has 38 heavy (non-hydrogen) atoms. The fourth-order valence-electron chi connectivity index (χ4n) is 3.40. The predicted molar refractivity (Wildman–Crippen MR) is 123 cm³/mol. The van der Waals surface area contributed by atoms with E-state index in [1.807, 2.05) is 0 Å². The molecule has 0 unspecified atom stereocenters. The van der Waals surface area contributed by atoms with Crippen LogP contribution in [0.15, 0.2) is 72.8 Å². The van der Waals surface area contributed by atoms with E-state index in [4.69, 9.17) is 17.1 Å². The number of rotatable bonds is 4. The molecule has 0 fully saturated rings. The van der Waals surface area contributed by atoms with Crippen molar-refractivity contribution in [3.05, 3.63) is 106 Å². The summed E-state index contributed by atoms with van der Waals surface area (Å²) in [6.07, 6.45) is 0. The summed E-state index contributed by atoms with van der Waals surface area (Å²) >= 11 is -8.87. The first kappa shape index (κ1) is 25.9. The van der Waals surface area contributed by atoms with E-state index in [1.54, 1.807) is 0 Å². The van der Waals surface area contributed by atoms with Gasteiger partial charge in [0.2, 0.25) is 0 Å². The van der Waals surface area contributed by atoms with Gasteiger partial charge in [-0.3, -0.25) is 0 Å². The number of benzene rings is 3. The molecule has 186 valence electrons. The summed E-state index contributed by atoms with van der Waals surface area (Å²) in [4.78, 5) is 74.5. The van der Waals surface area contributed by atoms with Gasteiger partial charge >= 0.3 is 233 Å². The van der Waals surface area contributed by atoms with Crippen molar-refractivity contribution in [3.8, 4) is 0 Å². The van der Waals surface area contributed by atoms with Crippen LogP contribution in [0.25, 0.3) is 0 Å². The van der Waals surface area contributed by atoms with Crippen LogP contribution in [-0.4, -0.2) is 81.3 Å². The maximum absolute atomic E-state index is 12.7. The molecule has 5 rings (SSSR count). The van der Waals surface area contributed by atoms with E-state index < -0.39 is 81.3 Å². The third-order valence-electron chi connectivity index (χ3n) is 5.22. The minimum absolute atomic E-state index is 0.107. The molecule has 2 aliphatic heterocycles. The summed E-state index contributed by atoms with van der Waals surface area (Å²) in [5.41, 5.74) is 0.152. The average Bonchev–Trinajstić information content (AvgIpc) is 2.92. The molecule has 14 heteroatoms. The molecule has 4 bridgehead atoms.